The van der Waals surface area contributed by atoms with Crippen molar-refractivity contribution in [2.24, 2.45) is 5.92 Å². The first-order valence-electron chi connectivity index (χ1n) is 4.75. The monoisotopic (exact) mass is 290 g/mol. The molecule has 0 unspecified atom stereocenters. The number of carboxylic acids is 1. The summed E-state index contributed by atoms with van der Waals surface area (Å²) in [6.45, 7) is 0. The number of nitrogens with zero attached hydrogens (tertiary/aromatic N) is 1. The topological polar surface area (TPSA) is 62.2 Å². The molecule has 2 rings (SSSR count). The van der Waals surface area contributed by atoms with E-state index >= 15 is 0 Å². The summed E-state index contributed by atoms with van der Waals surface area (Å²) in [6.07, 6.45) is 2.38. The van der Waals surface area contributed by atoms with E-state index in [2.05, 4.69) is 26.2 Å². The van der Waals surface area contributed by atoms with E-state index in [1.165, 1.54) is 11.3 Å². The molecule has 4 nitrogen and oxygen atoms in total. The van der Waals surface area contributed by atoms with Gasteiger partial charge < -0.3 is 10.4 Å². The van der Waals surface area contributed by atoms with E-state index in [9.17, 15) is 4.79 Å². The molecule has 1 aliphatic rings. The molecule has 0 saturated heterocycles. The molecule has 1 aliphatic carbocycles. The highest BCUT2D eigenvalue weighted by molar-refractivity contribution is 9.10. The average Bonchev–Trinajstić information content (AvgIpc) is 2.76. The Morgan fingerprint density at radius 1 is 1.67 bits per heavy atom. The molecular formula is C9H11BrN2O2S. The van der Waals surface area contributed by atoms with Gasteiger partial charge in [0.05, 0.1) is 5.92 Å². The van der Waals surface area contributed by atoms with Crippen LogP contribution in [0.3, 0.4) is 0 Å². The summed E-state index contributed by atoms with van der Waals surface area (Å²) in [4.78, 5) is 15.0. The molecule has 15 heavy (non-hydrogen) atoms. The van der Waals surface area contributed by atoms with Gasteiger partial charge in [-0.05, 0) is 35.2 Å². The van der Waals surface area contributed by atoms with Gasteiger partial charge in [-0.15, -0.1) is 11.3 Å². The highest BCUT2D eigenvalue weighted by atomic mass is 79.9. The number of hydrogen-bond donors (Lipinski definition) is 2. The van der Waals surface area contributed by atoms with Crippen molar-refractivity contribution < 1.29 is 9.90 Å². The number of rotatable bonds is 3. The van der Waals surface area contributed by atoms with Gasteiger partial charge in [-0.2, -0.15) is 0 Å². The molecule has 2 N–H and O–H groups in total. The molecule has 82 valence electrons. The van der Waals surface area contributed by atoms with E-state index in [4.69, 9.17) is 5.11 Å². The molecule has 2 atom stereocenters. The van der Waals surface area contributed by atoms with Gasteiger partial charge in [0.25, 0.3) is 0 Å². The minimum atomic E-state index is -0.681. The van der Waals surface area contributed by atoms with Gasteiger partial charge >= 0.3 is 5.97 Å². The molecule has 0 aromatic carbocycles. The minimum absolute atomic E-state index is 0.189. The summed E-state index contributed by atoms with van der Waals surface area (Å²) in [5.74, 6) is -0.870. The summed E-state index contributed by atoms with van der Waals surface area (Å²) < 4.78 is 0.822. The van der Waals surface area contributed by atoms with Crippen molar-refractivity contribution >= 4 is 38.4 Å². The first kappa shape index (κ1) is 10.9. The second-order valence-electron chi connectivity index (χ2n) is 3.66. The number of nitrogens with one attached hydrogen (secondary N) is 1. The zero-order chi connectivity index (χ0) is 10.8. The lowest BCUT2D eigenvalue weighted by molar-refractivity contribution is -0.141. The zero-order valence-electron chi connectivity index (χ0n) is 7.94. The van der Waals surface area contributed by atoms with Gasteiger partial charge in [0.15, 0.2) is 5.13 Å². The fourth-order valence-corrected chi connectivity index (χ4v) is 3.05. The van der Waals surface area contributed by atoms with E-state index in [1.807, 2.05) is 5.38 Å². The van der Waals surface area contributed by atoms with Crippen LogP contribution in [0.25, 0.3) is 0 Å². The summed E-state index contributed by atoms with van der Waals surface area (Å²) in [6, 6.07) is 0.254. The molecule has 0 spiro atoms. The predicted octanol–water partition coefficient (Wildman–Crippen LogP) is 2.57. The van der Waals surface area contributed by atoms with Crippen LogP contribution in [0.1, 0.15) is 19.3 Å². The Morgan fingerprint density at radius 3 is 3.00 bits per heavy atom. The Labute approximate surface area is 99.8 Å². The van der Waals surface area contributed by atoms with Crippen LogP contribution < -0.4 is 5.32 Å². The van der Waals surface area contributed by atoms with Crippen molar-refractivity contribution in [3.63, 3.8) is 0 Å². The number of carbonyl (C=O) groups is 1. The summed E-state index contributed by atoms with van der Waals surface area (Å²) in [5.41, 5.74) is 0. The molecule has 1 aromatic heterocycles. The van der Waals surface area contributed by atoms with E-state index in [0.29, 0.717) is 6.42 Å². The van der Waals surface area contributed by atoms with Crippen LogP contribution in [0.4, 0.5) is 5.13 Å². The molecule has 1 fully saturated rings. The molecule has 0 bridgehead atoms. The van der Waals surface area contributed by atoms with Gasteiger partial charge in [-0.3, -0.25) is 4.79 Å². The van der Waals surface area contributed by atoms with E-state index in [0.717, 1.165) is 22.6 Å². The lowest BCUT2D eigenvalue weighted by atomic mass is 10.1. The lowest BCUT2D eigenvalue weighted by Crippen LogP contribution is -2.17. The van der Waals surface area contributed by atoms with Crippen molar-refractivity contribution in [2.75, 3.05) is 5.32 Å². The summed E-state index contributed by atoms with van der Waals surface area (Å²) in [7, 11) is 0. The highest BCUT2D eigenvalue weighted by Crippen LogP contribution is 2.29. The highest BCUT2D eigenvalue weighted by Gasteiger charge is 2.29. The Balaban J connectivity index is 1.90. The largest absolute Gasteiger partial charge is 0.481 e. The molecule has 1 aromatic rings. The van der Waals surface area contributed by atoms with E-state index in [1.54, 1.807) is 0 Å². The summed E-state index contributed by atoms with van der Waals surface area (Å²) >= 11 is 4.81. The number of aliphatic carboxylic acids is 1. The Hall–Kier alpha value is -0.620. The van der Waals surface area contributed by atoms with E-state index < -0.39 is 5.97 Å². The standard InChI is InChI=1S/C9H11BrN2O2S/c10-7-4-15-9(12-7)11-6-2-1-5(3-6)8(13)14/h4-6H,1-3H2,(H,11,12)(H,13,14)/t5-,6+/m1/s1. The second-order valence-corrected chi connectivity index (χ2v) is 5.34. The predicted molar refractivity (Wildman–Crippen MR) is 62.2 cm³/mol. The van der Waals surface area contributed by atoms with Crippen LogP contribution in [0, 0.1) is 5.92 Å². The lowest BCUT2D eigenvalue weighted by Gasteiger charge is -2.10. The Kier molecular flexibility index (Phi) is 3.25. The van der Waals surface area contributed by atoms with Gasteiger partial charge in [0.1, 0.15) is 4.60 Å². The third-order valence-corrected chi connectivity index (χ3v) is 4.07. The van der Waals surface area contributed by atoms with Crippen LogP contribution in [-0.4, -0.2) is 22.1 Å². The van der Waals surface area contributed by atoms with E-state index in [-0.39, 0.29) is 12.0 Å². The third-order valence-electron chi connectivity index (χ3n) is 2.59. The number of aromatic nitrogens is 1. The molecular weight excluding hydrogens is 280 g/mol. The molecule has 6 heteroatoms. The molecule has 0 aliphatic heterocycles. The van der Waals surface area contributed by atoms with Crippen LogP contribution in [-0.2, 0) is 4.79 Å². The zero-order valence-corrected chi connectivity index (χ0v) is 10.3. The van der Waals surface area contributed by atoms with Crippen LogP contribution in [0.5, 0.6) is 0 Å². The first-order valence-corrected chi connectivity index (χ1v) is 6.43. The SMILES string of the molecule is O=C(O)[C@@H]1CC[C@H](Nc2nc(Br)cs2)C1. The van der Waals surface area contributed by atoms with Gasteiger partial charge in [-0.1, -0.05) is 0 Å². The molecule has 0 amide bonds. The molecule has 1 heterocycles. The van der Waals surface area contributed by atoms with Crippen molar-refractivity contribution in [2.45, 2.75) is 25.3 Å². The summed E-state index contributed by atoms with van der Waals surface area (Å²) in [5, 5.41) is 14.9. The van der Waals surface area contributed by atoms with Crippen LogP contribution in [0.2, 0.25) is 0 Å². The van der Waals surface area contributed by atoms with Gasteiger partial charge in [-0.25, -0.2) is 4.98 Å². The van der Waals surface area contributed by atoms with Gasteiger partial charge in [0.2, 0.25) is 0 Å². The molecule has 0 radical (unpaired) electrons. The second kappa shape index (κ2) is 4.49. The molecule has 1 saturated carbocycles. The average molecular weight is 291 g/mol. The van der Waals surface area contributed by atoms with Gasteiger partial charge in [0, 0.05) is 11.4 Å². The number of halogens is 1. The van der Waals surface area contributed by atoms with Crippen molar-refractivity contribution in [3.05, 3.63) is 9.98 Å². The number of anilines is 1. The number of hydrogen-bond acceptors (Lipinski definition) is 4. The maximum Gasteiger partial charge on any atom is 0.306 e. The third kappa shape index (κ3) is 2.69. The van der Waals surface area contributed by atoms with Crippen molar-refractivity contribution in [3.8, 4) is 0 Å². The quantitative estimate of drug-likeness (QED) is 0.898. The van der Waals surface area contributed by atoms with Crippen molar-refractivity contribution in [1.29, 1.82) is 0 Å². The van der Waals surface area contributed by atoms with Crippen molar-refractivity contribution in [1.82, 2.24) is 4.98 Å². The normalized spacial score (nSPS) is 25.4. The number of carboxylic acid groups (broad SMARTS) is 1. The fourth-order valence-electron chi connectivity index (χ4n) is 1.83. The Morgan fingerprint density at radius 2 is 2.47 bits per heavy atom. The maximum atomic E-state index is 10.8. The first-order chi connectivity index (χ1) is 7.15. The maximum absolute atomic E-state index is 10.8. The minimum Gasteiger partial charge on any atom is -0.481 e. The number of thiazole rings is 1. The van der Waals surface area contributed by atoms with Crippen LogP contribution >= 0.6 is 27.3 Å². The fraction of sp³-hybridized carbons (Fsp3) is 0.556. The Bertz CT molecular complexity index is 369. The van der Waals surface area contributed by atoms with Crippen LogP contribution in [0.15, 0.2) is 9.98 Å². The smallest absolute Gasteiger partial charge is 0.306 e.